The summed E-state index contributed by atoms with van der Waals surface area (Å²) in [6, 6.07) is 20.6. The van der Waals surface area contributed by atoms with Crippen molar-refractivity contribution in [2.24, 2.45) is 0 Å². The Hall–Kier alpha value is -3.85. The molecule has 180 valence electrons. The number of nitrogens with zero attached hydrogens (tertiary/aromatic N) is 4. The van der Waals surface area contributed by atoms with Crippen LogP contribution in [0, 0.1) is 0 Å². The molecule has 0 fully saturated rings. The predicted octanol–water partition coefficient (Wildman–Crippen LogP) is 4.80. The molecule has 9 heteroatoms. The molecule has 2 aromatic heterocycles. The fourth-order valence-electron chi connectivity index (χ4n) is 3.61. The van der Waals surface area contributed by atoms with Gasteiger partial charge >= 0.3 is 0 Å². The number of hydrogen-bond acceptors (Lipinski definition) is 6. The molecule has 2 aromatic carbocycles. The summed E-state index contributed by atoms with van der Waals surface area (Å²) in [5, 5.41) is 12.1. The molecule has 2 heterocycles. The molecule has 0 aliphatic rings. The van der Waals surface area contributed by atoms with Crippen LogP contribution in [0.1, 0.15) is 29.8 Å². The van der Waals surface area contributed by atoms with E-state index < -0.39 is 0 Å². The van der Waals surface area contributed by atoms with Crippen LogP contribution >= 0.6 is 11.8 Å². The molecule has 0 atom stereocenters. The zero-order chi connectivity index (χ0) is 24.6. The summed E-state index contributed by atoms with van der Waals surface area (Å²) < 4.78 is 7.48. The van der Waals surface area contributed by atoms with Gasteiger partial charge in [-0.3, -0.25) is 14.2 Å². The van der Waals surface area contributed by atoms with Crippen LogP contribution in [-0.2, 0) is 11.3 Å². The lowest BCUT2D eigenvalue weighted by Gasteiger charge is -2.18. The van der Waals surface area contributed by atoms with E-state index in [0.717, 1.165) is 5.56 Å². The molecule has 4 rings (SSSR count). The number of amides is 2. The van der Waals surface area contributed by atoms with Gasteiger partial charge in [0.25, 0.3) is 5.91 Å². The Bertz CT molecular complexity index is 1250. The van der Waals surface area contributed by atoms with E-state index in [-0.39, 0.29) is 17.6 Å². The van der Waals surface area contributed by atoms with Crippen LogP contribution in [-0.4, -0.2) is 50.3 Å². The fourth-order valence-corrected chi connectivity index (χ4v) is 4.35. The number of hydrogen-bond donors (Lipinski definition) is 1. The summed E-state index contributed by atoms with van der Waals surface area (Å²) in [5.41, 5.74) is 2.32. The second-order valence-corrected chi connectivity index (χ2v) is 8.69. The first-order valence-corrected chi connectivity index (χ1v) is 12.4. The predicted molar refractivity (Wildman–Crippen MR) is 136 cm³/mol. The van der Waals surface area contributed by atoms with Crippen LogP contribution in [0.2, 0.25) is 0 Å². The fraction of sp³-hybridized carbons (Fsp3) is 0.231. The normalized spacial score (nSPS) is 10.8. The highest BCUT2D eigenvalue weighted by Crippen LogP contribution is 2.25. The van der Waals surface area contributed by atoms with Crippen LogP contribution in [0.3, 0.4) is 0 Å². The van der Waals surface area contributed by atoms with Gasteiger partial charge in [0.1, 0.15) is 0 Å². The highest BCUT2D eigenvalue weighted by molar-refractivity contribution is 7.99. The lowest BCUT2D eigenvalue weighted by molar-refractivity contribution is -0.113. The molecule has 0 spiro atoms. The summed E-state index contributed by atoms with van der Waals surface area (Å²) in [6.07, 6.45) is 1.60. The molecule has 35 heavy (non-hydrogen) atoms. The second-order valence-electron chi connectivity index (χ2n) is 7.75. The molecule has 4 aromatic rings. The van der Waals surface area contributed by atoms with Gasteiger partial charge in [0.2, 0.25) is 11.7 Å². The van der Waals surface area contributed by atoms with Gasteiger partial charge in [-0.15, -0.1) is 10.2 Å². The third-order valence-corrected chi connectivity index (χ3v) is 6.41. The highest BCUT2D eigenvalue weighted by atomic mass is 32.2. The van der Waals surface area contributed by atoms with Gasteiger partial charge in [-0.1, -0.05) is 42.1 Å². The number of aromatic nitrogens is 3. The van der Waals surface area contributed by atoms with Crippen LogP contribution in [0.25, 0.3) is 11.6 Å². The highest BCUT2D eigenvalue weighted by Gasteiger charge is 2.18. The maximum absolute atomic E-state index is 12.6. The van der Waals surface area contributed by atoms with E-state index in [1.54, 1.807) is 41.5 Å². The second kappa shape index (κ2) is 11.5. The number of carbonyl (C=O) groups excluding carboxylic acids is 2. The maximum atomic E-state index is 12.6. The van der Waals surface area contributed by atoms with Crippen molar-refractivity contribution in [2.45, 2.75) is 25.5 Å². The van der Waals surface area contributed by atoms with Gasteiger partial charge in [0.15, 0.2) is 10.9 Å². The van der Waals surface area contributed by atoms with Crippen LogP contribution in [0.15, 0.2) is 82.6 Å². The van der Waals surface area contributed by atoms with Gasteiger partial charge in [-0.2, -0.15) is 0 Å². The van der Waals surface area contributed by atoms with Crippen molar-refractivity contribution in [2.75, 3.05) is 24.2 Å². The van der Waals surface area contributed by atoms with Crippen molar-refractivity contribution >= 4 is 29.3 Å². The molecule has 2 amide bonds. The van der Waals surface area contributed by atoms with Crippen molar-refractivity contribution in [1.82, 2.24) is 19.7 Å². The number of nitrogens with one attached hydrogen (secondary N) is 1. The van der Waals surface area contributed by atoms with Gasteiger partial charge in [-0.05, 0) is 55.8 Å². The molecule has 0 aliphatic heterocycles. The van der Waals surface area contributed by atoms with E-state index in [1.165, 1.54) is 11.8 Å². The average molecular weight is 490 g/mol. The third-order valence-electron chi connectivity index (χ3n) is 5.44. The van der Waals surface area contributed by atoms with E-state index in [4.69, 9.17) is 4.42 Å². The van der Waals surface area contributed by atoms with Gasteiger partial charge < -0.3 is 14.6 Å². The Morgan fingerprint density at radius 2 is 1.71 bits per heavy atom. The number of benzene rings is 2. The van der Waals surface area contributed by atoms with Gasteiger partial charge in [-0.25, -0.2) is 0 Å². The van der Waals surface area contributed by atoms with Crippen LogP contribution < -0.4 is 5.32 Å². The molecule has 0 aliphatic carbocycles. The summed E-state index contributed by atoms with van der Waals surface area (Å²) >= 11 is 1.30. The summed E-state index contributed by atoms with van der Waals surface area (Å²) in [6.45, 7) is 5.76. The van der Waals surface area contributed by atoms with Crippen LogP contribution in [0.5, 0.6) is 0 Å². The number of thioether (sulfide) groups is 1. The molecule has 1 N–H and O–H groups in total. The molecule has 0 unspecified atom stereocenters. The molecular formula is C26H27N5O3S. The monoisotopic (exact) mass is 489 g/mol. The van der Waals surface area contributed by atoms with Crippen molar-refractivity contribution < 1.29 is 14.0 Å². The Labute approximate surface area is 208 Å². The van der Waals surface area contributed by atoms with E-state index in [1.807, 2.05) is 54.8 Å². The molecule has 0 saturated heterocycles. The van der Waals surface area contributed by atoms with Crippen molar-refractivity contribution in [3.63, 3.8) is 0 Å². The first kappa shape index (κ1) is 24.3. The lowest BCUT2D eigenvalue weighted by Crippen LogP contribution is -2.30. The average Bonchev–Trinajstić information content (AvgIpc) is 3.55. The Balaban J connectivity index is 1.42. The standard InChI is InChI=1S/C26H27N5O3S/c1-3-30(4-2)25(33)20-12-14-21(15-13-20)27-23(32)18-35-26-29-28-24(22-11-8-16-34-22)31(26)17-19-9-6-5-7-10-19/h5-16H,3-4,17-18H2,1-2H3,(H,27,32). The summed E-state index contributed by atoms with van der Waals surface area (Å²) in [5.74, 6) is 1.19. The first-order chi connectivity index (χ1) is 17.1. The lowest BCUT2D eigenvalue weighted by atomic mass is 10.2. The number of furan rings is 1. The Morgan fingerprint density at radius 1 is 0.971 bits per heavy atom. The van der Waals surface area contributed by atoms with E-state index in [9.17, 15) is 9.59 Å². The first-order valence-electron chi connectivity index (χ1n) is 11.4. The molecule has 0 bridgehead atoms. The molecule has 0 radical (unpaired) electrons. The smallest absolute Gasteiger partial charge is 0.253 e. The van der Waals surface area contributed by atoms with Crippen molar-refractivity contribution in [3.8, 4) is 11.6 Å². The maximum Gasteiger partial charge on any atom is 0.253 e. The molecule has 8 nitrogen and oxygen atoms in total. The quantitative estimate of drug-likeness (QED) is 0.322. The van der Waals surface area contributed by atoms with E-state index in [2.05, 4.69) is 15.5 Å². The number of rotatable bonds is 10. The zero-order valence-electron chi connectivity index (χ0n) is 19.7. The topological polar surface area (TPSA) is 93.3 Å². The largest absolute Gasteiger partial charge is 0.461 e. The summed E-state index contributed by atoms with van der Waals surface area (Å²) in [7, 11) is 0. The molecule has 0 saturated carbocycles. The molecular weight excluding hydrogens is 462 g/mol. The van der Waals surface area contributed by atoms with E-state index in [0.29, 0.717) is 47.6 Å². The Morgan fingerprint density at radius 3 is 2.37 bits per heavy atom. The Kier molecular flexibility index (Phi) is 7.99. The zero-order valence-corrected chi connectivity index (χ0v) is 20.5. The third kappa shape index (κ3) is 5.99. The SMILES string of the molecule is CCN(CC)C(=O)c1ccc(NC(=O)CSc2nnc(-c3ccco3)n2Cc2ccccc2)cc1. The van der Waals surface area contributed by atoms with Crippen molar-refractivity contribution in [3.05, 3.63) is 84.1 Å². The number of carbonyl (C=O) groups is 2. The van der Waals surface area contributed by atoms with Crippen molar-refractivity contribution in [1.29, 1.82) is 0 Å². The minimum absolute atomic E-state index is 0.0199. The van der Waals surface area contributed by atoms with E-state index >= 15 is 0 Å². The minimum Gasteiger partial charge on any atom is -0.461 e. The number of anilines is 1. The van der Waals surface area contributed by atoms with Gasteiger partial charge in [0.05, 0.1) is 18.6 Å². The summed E-state index contributed by atoms with van der Waals surface area (Å²) in [4.78, 5) is 26.8. The van der Waals surface area contributed by atoms with Gasteiger partial charge in [0, 0.05) is 24.3 Å². The minimum atomic E-state index is -0.174. The van der Waals surface area contributed by atoms with Crippen LogP contribution in [0.4, 0.5) is 5.69 Å².